The summed E-state index contributed by atoms with van der Waals surface area (Å²) in [5.41, 5.74) is -0.326. The third kappa shape index (κ3) is 1.33. The number of aliphatic hydroxyl groups is 1. The van der Waals surface area contributed by atoms with E-state index in [1.54, 1.807) is 0 Å². The molecule has 0 aliphatic heterocycles. The Kier molecular flexibility index (Phi) is 2.42. The lowest BCUT2D eigenvalue weighted by atomic mass is 9.80. The van der Waals surface area contributed by atoms with Crippen molar-refractivity contribution in [2.24, 2.45) is 11.3 Å². The number of rotatable bonds is 1. The highest BCUT2D eigenvalue weighted by Crippen LogP contribution is 2.43. The highest BCUT2D eigenvalue weighted by atomic mass is 16.5. The largest absolute Gasteiger partial charge is 0.469 e. The first kappa shape index (κ1) is 9.52. The molecule has 0 heterocycles. The van der Waals surface area contributed by atoms with Gasteiger partial charge in [-0.1, -0.05) is 13.8 Å². The summed E-state index contributed by atoms with van der Waals surface area (Å²) >= 11 is 0. The van der Waals surface area contributed by atoms with Crippen LogP contribution in [0, 0.1) is 11.3 Å². The Morgan fingerprint density at radius 3 is 2.42 bits per heavy atom. The Bertz CT molecular complexity index is 186. The second kappa shape index (κ2) is 3.05. The summed E-state index contributed by atoms with van der Waals surface area (Å²) in [6.45, 7) is 3.82. The number of ether oxygens (including phenoxy) is 1. The standard InChI is InChI=1S/C9H16O3/c1-9(2)6(8(11)12-3)4-5-7(9)10/h6-7,10H,4-5H2,1-3H3. The lowest BCUT2D eigenvalue weighted by Gasteiger charge is -2.27. The second-order valence-electron chi connectivity index (χ2n) is 3.99. The fraction of sp³-hybridized carbons (Fsp3) is 0.889. The fourth-order valence-electron chi connectivity index (χ4n) is 1.86. The van der Waals surface area contributed by atoms with E-state index in [2.05, 4.69) is 4.74 Å². The van der Waals surface area contributed by atoms with Crippen molar-refractivity contribution in [3.8, 4) is 0 Å². The zero-order chi connectivity index (χ0) is 9.35. The minimum atomic E-state index is -0.374. The molecule has 0 aromatic rings. The van der Waals surface area contributed by atoms with E-state index in [-0.39, 0.29) is 23.4 Å². The first-order valence-electron chi connectivity index (χ1n) is 4.26. The molecule has 2 unspecified atom stereocenters. The van der Waals surface area contributed by atoms with E-state index in [1.165, 1.54) is 7.11 Å². The van der Waals surface area contributed by atoms with Crippen molar-refractivity contribution >= 4 is 5.97 Å². The van der Waals surface area contributed by atoms with Gasteiger partial charge in [-0.15, -0.1) is 0 Å². The normalized spacial score (nSPS) is 33.3. The van der Waals surface area contributed by atoms with E-state index in [1.807, 2.05) is 13.8 Å². The highest BCUT2D eigenvalue weighted by Gasteiger charge is 2.46. The van der Waals surface area contributed by atoms with Gasteiger partial charge < -0.3 is 9.84 Å². The Morgan fingerprint density at radius 2 is 2.08 bits per heavy atom. The van der Waals surface area contributed by atoms with Gasteiger partial charge >= 0.3 is 5.97 Å². The van der Waals surface area contributed by atoms with Gasteiger partial charge in [0.15, 0.2) is 0 Å². The molecule has 0 amide bonds. The minimum absolute atomic E-state index is 0.141. The molecule has 1 rings (SSSR count). The van der Waals surface area contributed by atoms with Crippen LogP contribution < -0.4 is 0 Å². The number of hydrogen-bond acceptors (Lipinski definition) is 3. The van der Waals surface area contributed by atoms with Crippen LogP contribution in [0.25, 0.3) is 0 Å². The number of aliphatic hydroxyl groups excluding tert-OH is 1. The first-order chi connectivity index (χ1) is 5.50. The lowest BCUT2D eigenvalue weighted by Crippen LogP contribution is -2.33. The van der Waals surface area contributed by atoms with Gasteiger partial charge in [-0.25, -0.2) is 0 Å². The van der Waals surface area contributed by atoms with Crippen LogP contribution in [0.5, 0.6) is 0 Å². The summed E-state index contributed by atoms with van der Waals surface area (Å²) in [5.74, 6) is -0.339. The predicted molar refractivity (Wildman–Crippen MR) is 44.5 cm³/mol. The summed E-state index contributed by atoms with van der Waals surface area (Å²) in [5, 5.41) is 9.56. The van der Waals surface area contributed by atoms with Crippen molar-refractivity contribution in [3.63, 3.8) is 0 Å². The molecule has 0 aromatic carbocycles. The van der Waals surface area contributed by atoms with Crippen molar-refractivity contribution in [2.75, 3.05) is 7.11 Å². The fourth-order valence-corrected chi connectivity index (χ4v) is 1.86. The molecule has 0 aromatic heterocycles. The van der Waals surface area contributed by atoms with Crippen LogP contribution in [0.3, 0.4) is 0 Å². The lowest BCUT2D eigenvalue weighted by molar-refractivity contribution is -0.149. The number of methoxy groups -OCH3 is 1. The molecule has 2 atom stereocenters. The number of esters is 1. The van der Waals surface area contributed by atoms with Crippen LogP contribution in [-0.4, -0.2) is 24.3 Å². The first-order valence-corrected chi connectivity index (χ1v) is 4.26. The van der Waals surface area contributed by atoms with E-state index in [0.29, 0.717) is 6.42 Å². The maximum Gasteiger partial charge on any atom is 0.309 e. The zero-order valence-electron chi connectivity index (χ0n) is 7.83. The van der Waals surface area contributed by atoms with Gasteiger partial charge in [0.05, 0.1) is 19.1 Å². The summed E-state index contributed by atoms with van der Waals surface area (Å²) in [6, 6.07) is 0. The van der Waals surface area contributed by atoms with Crippen LogP contribution in [0.4, 0.5) is 0 Å². The number of carbonyl (C=O) groups is 1. The summed E-state index contributed by atoms with van der Waals surface area (Å²) < 4.78 is 4.67. The molecule has 1 fully saturated rings. The molecule has 1 N–H and O–H groups in total. The van der Waals surface area contributed by atoms with Gasteiger partial charge in [-0.2, -0.15) is 0 Å². The van der Waals surface area contributed by atoms with E-state index < -0.39 is 0 Å². The molecular formula is C9H16O3. The highest BCUT2D eigenvalue weighted by molar-refractivity contribution is 5.73. The molecule has 0 spiro atoms. The van der Waals surface area contributed by atoms with Gasteiger partial charge in [-0.05, 0) is 12.8 Å². The van der Waals surface area contributed by atoms with Crippen molar-refractivity contribution in [1.82, 2.24) is 0 Å². The molecule has 70 valence electrons. The summed E-state index contributed by atoms with van der Waals surface area (Å²) in [6.07, 6.45) is 1.06. The van der Waals surface area contributed by atoms with Crippen molar-refractivity contribution in [3.05, 3.63) is 0 Å². The molecule has 0 radical (unpaired) electrons. The molecule has 1 aliphatic carbocycles. The third-order valence-corrected chi connectivity index (χ3v) is 2.97. The van der Waals surface area contributed by atoms with Gasteiger partial charge in [0.25, 0.3) is 0 Å². The number of hydrogen-bond donors (Lipinski definition) is 1. The monoisotopic (exact) mass is 172 g/mol. The van der Waals surface area contributed by atoms with Crippen molar-refractivity contribution < 1.29 is 14.6 Å². The van der Waals surface area contributed by atoms with E-state index in [0.717, 1.165) is 6.42 Å². The van der Waals surface area contributed by atoms with Crippen LogP contribution in [0.2, 0.25) is 0 Å². The van der Waals surface area contributed by atoms with Crippen LogP contribution in [0.15, 0.2) is 0 Å². The van der Waals surface area contributed by atoms with Crippen LogP contribution in [0.1, 0.15) is 26.7 Å². The molecule has 1 saturated carbocycles. The smallest absolute Gasteiger partial charge is 0.309 e. The molecule has 0 bridgehead atoms. The average Bonchev–Trinajstić information content (AvgIpc) is 2.27. The molecule has 12 heavy (non-hydrogen) atoms. The maximum absolute atomic E-state index is 11.2. The maximum atomic E-state index is 11.2. The summed E-state index contributed by atoms with van der Waals surface area (Å²) in [4.78, 5) is 11.2. The summed E-state index contributed by atoms with van der Waals surface area (Å²) in [7, 11) is 1.39. The Balaban J connectivity index is 2.74. The van der Waals surface area contributed by atoms with Gasteiger partial charge in [0.2, 0.25) is 0 Å². The quantitative estimate of drug-likeness (QED) is 0.599. The number of carbonyl (C=O) groups excluding carboxylic acids is 1. The van der Waals surface area contributed by atoms with E-state index >= 15 is 0 Å². The Morgan fingerprint density at radius 1 is 1.50 bits per heavy atom. The second-order valence-corrected chi connectivity index (χ2v) is 3.99. The predicted octanol–water partition coefficient (Wildman–Crippen LogP) is 0.956. The minimum Gasteiger partial charge on any atom is -0.469 e. The Labute approximate surface area is 72.7 Å². The molecule has 0 saturated heterocycles. The van der Waals surface area contributed by atoms with Crippen molar-refractivity contribution in [1.29, 1.82) is 0 Å². The van der Waals surface area contributed by atoms with Gasteiger partial charge in [-0.3, -0.25) is 4.79 Å². The Hall–Kier alpha value is -0.570. The van der Waals surface area contributed by atoms with Gasteiger partial charge in [0, 0.05) is 5.41 Å². The van der Waals surface area contributed by atoms with Crippen LogP contribution in [-0.2, 0) is 9.53 Å². The molecule has 3 nitrogen and oxygen atoms in total. The zero-order valence-corrected chi connectivity index (χ0v) is 7.83. The van der Waals surface area contributed by atoms with Crippen LogP contribution >= 0.6 is 0 Å². The average molecular weight is 172 g/mol. The molecular weight excluding hydrogens is 156 g/mol. The van der Waals surface area contributed by atoms with E-state index in [4.69, 9.17) is 0 Å². The van der Waals surface area contributed by atoms with Crippen molar-refractivity contribution in [2.45, 2.75) is 32.8 Å². The topological polar surface area (TPSA) is 46.5 Å². The SMILES string of the molecule is COC(=O)C1CCC(O)C1(C)C. The molecule has 1 aliphatic rings. The van der Waals surface area contributed by atoms with E-state index in [9.17, 15) is 9.90 Å². The molecule has 3 heteroatoms. The van der Waals surface area contributed by atoms with Gasteiger partial charge in [0.1, 0.15) is 0 Å². The third-order valence-electron chi connectivity index (χ3n) is 2.97.